The number of amides is 1. The van der Waals surface area contributed by atoms with E-state index in [-0.39, 0.29) is 23.3 Å². The lowest BCUT2D eigenvalue weighted by molar-refractivity contribution is -0.113. The lowest BCUT2D eigenvalue weighted by Crippen LogP contribution is -2.14. The van der Waals surface area contributed by atoms with Crippen LogP contribution in [0.3, 0.4) is 0 Å². The summed E-state index contributed by atoms with van der Waals surface area (Å²) in [5.74, 6) is -0.411. The molecule has 26 heavy (non-hydrogen) atoms. The molecule has 1 heterocycles. The first-order chi connectivity index (χ1) is 12.5. The molecule has 0 saturated heterocycles. The number of hydrogen-bond acceptors (Lipinski definition) is 4. The van der Waals surface area contributed by atoms with Crippen LogP contribution in [0.2, 0.25) is 0 Å². The fraction of sp³-hybridized carbons (Fsp3) is 0.105. The molecule has 0 aliphatic heterocycles. The van der Waals surface area contributed by atoms with E-state index in [0.717, 1.165) is 5.69 Å². The highest BCUT2D eigenvalue weighted by atomic mass is 32.2. The van der Waals surface area contributed by atoms with Crippen molar-refractivity contribution in [2.24, 2.45) is 0 Å². The molecule has 3 aromatic rings. The van der Waals surface area contributed by atoms with Crippen LogP contribution in [0.4, 0.5) is 14.5 Å². The van der Waals surface area contributed by atoms with Crippen LogP contribution in [-0.2, 0) is 4.79 Å². The SMILES string of the molecule is Cc1cc(SCC(=O)Nc2ccc(F)cc2)nc(-c2cccc(F)c2)n1. The van der Waals surface area contributed by atoms with E-state index in [1.54, 1.807) is 18.2 Å². The molecule has 1 aromatic heterocycles. The van der Waals surface area contributed by atoms with Gasteiger partial charge >= 0.3 is 0 Å². The third-order valence-electron chi connectivity index (χ3n) is 3.39. The number of aryl methyl sites for hydroxylation is 1. The van der Waals surface area contributed by atoms with Crippen molar-refractivity contribution >= 4 is 23.4 Å². The standard InChI is InChI=1S/C19H15F2N3OS/c1-12-9-18(24-19(22-12)13-3-2-4-15(21)10-13)26-11-17(25)23-16-7-5-14(20)6-8-16/h2-10H,11H2,1H3,(H,23,25). The first-order valence-corrected chi connectivity index (χ1v) is 8.78. The van der Waals surface area contributed by atoms with Crippen LogP contribution >= 0.6 is 11.8 Å². The molecule has 0 aliphatic carbocycles. The average molecular weight is 371 g/mol. The Morgan fingerprint density at radius 3 is 2.54 bits per heavy atom. The third kappa shape index (κ3) is 4.86. The number of hydrogen-bond donors (Lipinski definition) is 1. The molecule has 1 N–H and O–H groups in total. The number of anilines is 1. The summed E-state index contributed by atoms with van der Waals surface area (Å²) in [5, 5.41) is 3.31. The van der Waals surface area contributed by atoms with Crippen molar-refractivity contribution in [1.82, 2.24) is 9.97 Å². The molecule has 0 fully saturated rings. The Bertz CT molecular complexity index is 932. The van der Waals surface area contributed by atoms with Crippen molar-refractivity contribution in [2.75, 3.05) is 11.1 Å². The number of benzene rings is 2. The van der Waals surface area contributed by atoms with Crippen molar-refractivity contribution in [1.29, 1.82) is 0 Å². The summed E-state index contributed by atoms with van der Waals surface area (Å²) in [5.41, 5.74) is 1.82. The maximum atomic E-state index is 13.4. The largest absolute Gasteiger partial charge is 0.325 e. The molecule has 2 aromatic carbocycles. The molecule has 7 heteroatoms. The summed E-state index contributed by atoms with van der Waals surface area (Å²) in [6.45, 7) is 1.81. The van der Waals surface area contributed by atoms with Gasteiger partial charge in [-0.25, -0.2) is 18.7 Å². The quantitative estimate of drug-likeness (QED) is 0.531. The van der Waals surface area contributed by atoms with E-state index in [0.29, 0.717) is 22.1 Å². The van der Waals surface area contributed by atoms with Crippen LogP contribution in [0.25, 0.3) is 11.4 Å². The van der Waals surface area contributed by atoms with Crippen LogP contribution < -0.4 is 5.32 Å². The normalized spacial score (nSPS) is 10.6. The van der Waals surface area contributed by atoms with Crippen molar-refractivity contribution < 1.29 is 13.6 Å². The molecule has 0 unspecified atom stereocenters. The number of aromatic nitrogens is 2. The Morgan fingerprint density at radius 1 is 1.04 bits per heavy atom. The highest BCUT2D eigenvalue weighted by molar-refractivity contribution is 7.99. The molecule has 0 saturated carbocycles. The van der Waals surface area contributed by atoms with E-state index in [1.165, 1.54) is 48.2 Å². The molecule has 4 nitrogen and oxygen atoms in total. The molecule has 1 amide bonds. The molecule has 0 aliphatic rings. The second kappa shape index (κ2) is 8.05. The summed E-state index contributed by atoms with van der Waals surface area (Å²) in [6.07, 6.45) is 0. The van der Waals surface area contributed by atoms with Gasteiger partial charge in [-0.3, -0.25) is 4.79 Å². The molecular formula is C19H15F2N3OS. The summed E-state index contributed by atoms with van der Waals surface area (Å²) in [6, 6.07) is 13.4. The van der Waals surface area contributed by atoms with Gasteiger partial charge in [0.2, 0.25) is 5.91 Å². The zero-order chi connectivity index (χ0) is 18.5. The molecule has 0 bridgehead atoms. The third-order valence-corrected chi connectivity index (χ3v) is 4.30. The lowest BCUT2D eigenvalue weighted by Gasteiger charge is -2.07. The number of nitrogens with one attached hydrogen (secondary N) is 1. The molecule has 3 rings (SSSR count). The highest BCUT2D eigenvalue weighted by Gasteiger charge is 2.09. The van der Waals surface area contributed by atoms with Gasteiger partial charge in [-0.1, -0.05) is 23.9 Å². The van der Waals surface area contributed by atoms with Crippen LogP contribution in [0.1, 0.15) is 5.69 Å². The van der Waals surface area contributed by atoms with Crippen molar-refractivity contribution in [3.8, 4) is 11.4 Å². The van der Waals surface area contributed by atoms with E-state index in [9.17, 15) is 13.6 Å². The van der Waals surface area contributed by atoms with Gasteiger partial charge in [0, 0.05) is 16.9 Å². The summed E-state index contributed by atoms with van der Waals surface area (Å²) >= 11 is 1.25. The Hall–Kier alpha value is -2.80. The second-order valence-corrected chi connectivity index (χ2v) is 6.52. The van der Waals surface area contributed by atoms with E-state index >= 15 is 0 Å². The first-order valence-electron chi connectivity index (χ1n) is 7.79. The van der Waals surface area contributed by atoms with Gasteiger partial charge in [-0.05, 0) is 49.4 Å². The van der Waals surface area contributed by atoms with Crippen molar-refractivity contribution in [3.05, 3.63) is 71.9 Å². The second-order valence-electron chi connectivity index (χ2n) is 5.53. The van der Waals surface area contributed by atoms with E-state index in [1.807, 2.05) is 6.92 Å². The van der Waals surface area contributed by atoms with Crippen LogP contribution in [0.5, 0.6) is 0 Å². The summed E-state index contributed by atoms with van der Waals surface area (Å²) in [7, 11) is 0. The topological polar surface area (TPSA) is 54.9 Å². The predicted octanol–water partition coefficient (Wildman–Crippen LogP) is 4.46. The van der Waals surface area contributed by atoms with E-state index in [2.05, 4.69) is 15.3 Å². The maximum absolute atomic E-state index is 13.4. The number of nitrogens with zero attached hydrogens (tertiary/aromatic N) is 2. The summed E-state index contributed by atoms with van der Waals surface area (Å²) in [4.78, 5) is 20.7. The number of rotatable bonds is 5. The predicted molar refractivity (Wildman–Crippen MR) is 97.9 cm³/mol. The molecule has 0 spiro atoms. The fourth-order valence-corrected chi connectivity index (χ4v) is 3.00. The monoisotopic (exact) mass is 371 g/mol. The molecule has 132 valence electrons. The number of halogens is 2. The van der Waals surface area contributed by atoms with Crippen LogP contribution in [-0.4, -0.2) is 21.6 Å². The minimum Gasteiger partial charge on any atom is -0.325 e. The Balaban J connectivity index is 1.68. The number of carbonyl (C=O) groups excluding carboxylic acids is 1. The van der Waals surface area contributed by atoms with Gasteiger partial charge in [0.25, 0.3) is 0 Å². The zero-order valence-electron chi connectivity index (χ0n) is 13.9. The molecule has 0 atom stereocenters. The lowest BCUT2D eigenvalue weighted by atomic mass is 10.2. The van der Waals surface area contributed by atoms with Gasteiger partial charge in [0.1, 0.15) is 16.7 Å². The van der Waals surface area contributed by atoms with Crippen LogP contribution in [0.15, 0.2) is 59.6 Å². The van der Waals surface area contributed by atoms with E-state index in [4.69, 9.17) is 0 Å². The fourth-order valence-electron chi connectivity index (χ4n) is 2.24. The molecule has 0 radical (unpaired) electrons. The highest BCUT2D eigenvalue weighted by Crippen LogP contribution is 2.22. The Kier molecular flexibility index (Phi) is 5.58. The van der Waals surface area contributed by atoms with Crippen LogP contribution in [0, 0.1) is 18.6 Å². The van der Waals surface area contributed by atoms with E-state index < -0.39 is 0 Å². The van der Waals surface area contributed by atoms with Gasteiger partial charge in [-0.15, -0.1) is 0 Å². The van der Waals surface area contributed by atoms with Crippen molar-refractivity contribution in [3.63, 3.8) is 0 Å². The van der Waals surface area contributed by atoms with Gasteiger partial charge in [-0.2, -0.15) is 0 Å². The Morgan fingerprint density at radius 2 is 1.81 bits per heavy atom. The zero-order valence-corrected chi connectivity index (χ0v) is 14.7. The maximum Gasteiger partial charge on any atom is 0.234 e. The first kappa shape index (κ1) is 18.0. The Labute approximate surface area is 153 Å². The number of carbonyl (C=O) groups is 1. The van der Waals surface area contributed by atoms with Gasteiger partial charge < -0.3 is 5.32 Å². The van der Waals surface area contributed by atoms with Gasteiger partial charge in [0.05, 0.1) is 5.75 Å². The smallest absolute Gasteiger partial charge is 0.234 e. The average Bonchev–Trinajstić information content (AvgIpc) is 2.61. The minimum atomic E-state index is -0.362. The summed E-state index contributed by atoms with van der Waals surface area (Å²) < 4.78 is 26.3. The molecular weight excluding hydrogens is 356 g/mol. The van der Waals surface area contributed by atoms with Gasteiger partial charge in [0.15, 0.2) is 5.82 Å². The van der Waals surface area contributed by atoms with Crippen molar-refractivity contribution in [2.45, 2.75) is 11.9 Å². The minimum absolute atomic E-state index is 0.135. The number of thioether (sulfide) groups is 1.